The maximum atomic E-state index is 12.3. The predicted molar refractivity (Wildman–Crippen MR) is 101 cm³/mol. The highest BCUT2D eigenvalue weighted by Gasteiger charge is 2.34. The van der Waals surface area contributed by atoms with Crippen LogP contribution in [0.1, 0.15) is 31.9 Å². The van der Waals surface area contributed by atoms with Crippen LogP contribution in [0.15, 0.2) is 53.0 Å². The van der Waals surface area contributed by atoms with Crippen LogP contribution in [-0.4, -0.2) is 22.9 Å². The van der Waals surface area contributed by atoms with Crippen molar-refractivity contribution >= 4 is 27.7 Å². The Morgan fingerprint density at radius 2 is 1.76 bits per heavy atom. The summed E-state index contributed by atoms with van der Waals surface area (Å²) in [5.74, 6) is 0.141. The number of aromatic hydroxyl groups is 1. The van der Waals surface area contributed by atoms with Crippen LogP contribution < -0.4 is 5.32 Å². The van der Waals surface area contributed by atoms with Crippen LogP contribution in [0.4, 0.5) is 10.5 Å². The van der Waals surface area contributed by atoms with Gasteiger partial charge in [0.1, 0.15) is 11.9 Å². The lowest BCUT2D eigenvalue weighted by atomic mass is 9.80. The van der Waals surface area contributed by atoms with E-state index >= 15 is 0 Å². The van der Waals surface area contributed by atoms with E-state index in [4.69, 9.17) is 4.74 Å². The zero-order valence-corrected chi connectivity index (χ0v) is 15.8. The van der Waals surface area contributed by atoms with Gasteiger partial charge in [-0.1, -0.05) is 41.9 Å². The number of aliphatic hydroxyl groups excluding tert-OH is 1. The van der Waals surface area contributed by atoms with E-state index in [9.17, 15) is 15.0 Å². The number of hydrogen-bond acceptors (Lipinski definition) is 4. The van der Waals surface area contributed by atoms with Crippen LogP contribution in [0, 0.1) is 5.41 Å². The zero-order chi connectivity index (χ0) is 18.4. The first-order valence-corrected chi connectivity index (χ1v) is 8.74. The number of phenolic OH excluding ortho intramolecular Hbond substituents is 1. The summed E-state index contributed by atoms with van der Waals surface area (Å²) < 4.78 is 6.59. The zero-order valence-electron chi connectivity index (χ0n) is 14.2. The highest BCUT2D eigenvalue weighted by molar-refractivity contribution is 9.10. The maximum absolute atomic E-state index is 12.3. The SMILES string of the molecule is CC(C)(CCO)[C@@H](OC(=O)Nc1ccc(Br)cc1)c1ccc(O)cc1. The Kier molecular flexibility index (Phi) is 6.45. The Balaban J connectivity index is 2.18. The molecule has 0 saturated heterocycles. The average Bonchev–Trinajstić information content (AvgIpc) is 2.56. The molecule has 2 aromatic rings. The molecule has 25 heavy (non-hydrogen) atoms. The third-order valence-electron chi connectivity index (χ3n) is 3.98. The van der Waals surface area contributed by atoms with Gasteiger partial charge in [-0.25, -0.2) is 4.79 Å². The quantitative estimate of drug-likeness (QED) is 0.638. The van der Waals surface area contributed by atoms with Crippen LogP contribution >= 0.6 is 15.9 Å². The minimum Gasteiger partial charge on any atom is -0.508 e. The molecule has 2 rings (SSSR count). The molecule has 0 aliphatic carbocycles. The Bertz CT molecular complexity index is 698. The third-order valence-corrected chi connectivity index (χ3v) is 4.51. The molecule has 0 saturated carbocycles. The smallest absolute Gasteiger partial charge is 0.412 e. The topological polar surface area (TPSA) is 78.8 Å². The molecule has 6 heteroatoms. The maximum Gasteiger partial charge on any atom is 0.412 e. The Morgan fingerprint density at radius 1 is 1.16 bits per heavy atom. The Hall–Kier alpha value is -2.05. The number of hydrogen-bond donors (Lipinski definition) is 3. The number of amides is 1. The molecule has 1 atom stereocenters. The molecule has 0 fully saturated rings. The Morgan fingerprint density at radius 3 is 2.32 bits per heavy atom. The lowest BCUT2D eigenvalue weighted by Crippen LogP contribution is -2.29. The average molecular weight is 408 g/mol. The van der Waals surface area contributed by atoms with Crippen molar-refractivity contribution in [3.8, 4) is 5.75 Å². The third kappa shape index (κ3) is 5.47. The number of phenols is 1. The van der Waals surface area contributed by atoms with Gasteiger partial charge in [-0.05, 0) is 48.4 Å². The summed E-state index contributed by atoms with van der Waals surface area (Å²) in [6.07, 6.45) is -0.688. The standard InChI is InChI=1S/C19H22BrNO4/c1-19(2,11-12-22)17(13-3-9-16(23)10-4-13)25-18(24)21-15-7-5-14(20)6-8-15/h3-10,17,22-23H,11-12H2,1-2H3,(H,21,24)/t17-/m0/s1. The normalized spacial score (nSPS) is 12.5. The van der Waals surface area contributed by atoms with Crippen molar-refractivity contribution in [1.82, 2.24) is 0 Å². The number of carbonyl (C=O) groups is 1. The number of halogens is 1. The van der Waals surface area contributed by atoms with E-state index < -0.39 is 17.6 Å². The van der Waals surface area contributed by atoms with E-state index in [1.54, 1.807) is 36.4 Å². The van der Waals surface area contributed by atoms with E-state index in [1.165, 1.54) is 0 Å². The summed E-state index contributed by atoms with van der Waals surface area (Å²) in [5.41, 5.74) is 0.891. The van der Waals surface area contributed by atoms with Gasteiger partial charge in [-0.15, -0.1) is 0 Å². The molecular weight excluding hydrogens is 386 g/mol. The molecule has 134 valence electrons. The Labute approximate surface area is 155 Å². The summed E-state index contributed by atoms with van der Waals surface area (Å²) in [6, 6.07) is 13.7. The molecule has 3 N–H and O–H groups in total. The van der Waals surface area contributed by atoms with Gasteiger partial charge >= 0.3 is 6.09 Å². The summed E-state index contributed by atoms with van der Waals surface area (Å²) in [6.45, 7) is 3.83. The fourth-order valence-electron chi connectivity index (χ4n) is 2.53. The number of carbonyl (C=O) groups excluding carboxylic acids is 1. The van der Waals surface area contributed by atoms with Gasteiger partial charge in [0.15, 0.2) is 0 Å². The van der Waals surface area contributed by atoms with Crippen molar-refractivity contribution in [1.29, 1.82) is 0 Å². The van der Waals surface area contributed by atoms with Gasteiger partial charge in [-0.2, -0.15) is 0 Å². The molecule has 0 bridgehead atoms. The van der Waals surface area contributed by atoms with Crippen LogP contribution in [0.5, 0.6) is 5.75 Å². The predicted octanol–water partition coefficient (Wildman–Crippen LogP) is 4.85. The van der Waals surface area contributed by atoms with Crippen LogP contribution in [0.2, 0.25) is 0 Å². The molecule has 0 radical (unpaired) electrons. The first-order valence-electron chi connectivity index (χ1n) is 7.95. The highest BCUT2D eigenvalue weighted by Crippen LogP contribution is 2.40. The molecule has 0 unspecified atom stereocenters. The molecule has 1 amide bonds. The summed E-state index contributed by atoms with van der Waals surface area (Å²) in [5, 5.41) is 21.5. The van der Waals surface area contributed by atoms with Gasteiger partial charge < -0.3 is 14.9 Å². The van der Waals surface area contributed by atoms with Crippen LogP contribution in [0.3, 0.4) is 0 Å². The van der Waals surface area contributed by atoms with Gasteiger partial charge in [0, 0.05) is 22.2 Å². The number of anilines is 1. The fourth-order valence-corrected chi connectivity index (χ4v) is 2.80. The van der Waals surface area contributed by atoms with E-state index in [0.29, 0.717) is 12.1 Å². The van der Waals surface area contributed by atoms with Crippen LogP contribution in [-0.2, 0) is 4.74 Å². The molecular formula is C19H22BrNO4. The molecule has 0 spiro atoms. The van der Waals surface area contributed by atoms with Crippen molar-refractivity contribution in [3.05, 3.63) is 58.6 Å². The van der Waals surface area contributed by atoms with Crippen molar-refractivity contribution < 1.29 is 19.7 Å². The number of benzene rings is 2. The lowest BCUT2D eigenvalue weighted by molar-refractivity contribution is 0.0152. The number of nitrogens with one attached hydrogen (secondary N) is 1. The fraction of sp³-hybridized carbons (Fsp3) is 0.316. The van der Waals surface area contributed by atoms with Crippen molar-refractivity contribution in [2.75, 3.05) is 11.9 Å². The van der Waals surface area contributed by atoms with E-state index in [0.717, 1.165) is 10.0 Å². The van der Waals surface area contributed by atoms with E-state index in [2.05, 4.69) is 21.2 Å². The second-order valence-electron chi connectivity index (χ2n) is 6.47. The molecule has 0 aliphatic heterocycles. The largest absolute Gasteiger partial charge is 0.508 e. The van der Waals surface area contributed by atoms with E-state index in [1.807, 2.05) is 26.0 Å². The van der Waals surface area contributed by atoms with Gasteiger partial charge in [-0.3, -0.25) is 5.32 Å². The summed E-state index contributed by atoms with van der Waals surface area (Å²) in [7, 11) is 0. The molecule has 5 nitrogen and oxygen atoms in total. The monoisotopic (exact) mass is 407 g/mol. The number of aliphatic hydroxyl groups is 1. The molecule has 0 heterocycles. The lowest BCUT2D eigenvalue weighted by Gasteiger charge is -2.33. The second kappa shape index (κ2) is 8.36. The van der Waals surface area contributed by atoms with Gasteiger partial charge in [0.25, 0.3) is 0 Å². The van der Waals surface area contributed by atoms with Gasteiger partial charge in [0.2, 0.25) is 0 Å². The minimum absolute atomic E-state index is 0.0146. The number of ether oxygens (including phenoxy) is 1. The first kappa shape index (κ1) is 19.3. The van der Waals surface area contributed by atoms with Crippen molar-refractivity contribution in [2.24, 2.45) is 5.41 Å². The van der Waals surface area contributed by atoms with E-state index in [-0.39, 0.29) is 12.4 Å². The first-order chi connectivity index (χ1) is 11.8. The second-order valence-corrected chi connectivity index (χ2v) is 7.39. The van der Waals surface area contributed by atoms with Crippen LogP contribution in [0.25, 0.3) is 0 Å². The molecule has 2 aromatic carbocycles. The highest BCUT2D eigenvalue weighted by atomic mass is 79.9. The summed E-state index contributed by atoms with van der Waals surface area (Å²) in [4.78, 5) is 12.3. The number of rotatable bonds is 6. The molecule has 0 aliphatic rings. The summed E-state index contributed by atoms with van der Waals surface area (Å²) >= 11 is 3.34. The molecule has 0 aromatic heterocycles. The van der Waals surface area contributed by atoms with Gasteiger partial charge in [0.05, 0.1) is 0 Å². The van der Waals surface area contributed by atoms with Crippen molar-refractivity contribution in [3.63, 3.8) is 0 Å². The minimum atomic E-state index is -0.577. The van der Waals surface area contributed by atoms with Crippen molar-refractivity contribution in [2.45, 2.75) is 26.4 Å².